The van der Waals surface area contributed by atoms with Crippen molar-refractivity contribution in [1.29, 1.82) is 5.26 Å². The van der Waals surface area contributed by atoms with E-state index in [1.165, 1.54) is 0 Å². The molecule has 0 fully saturated rings. The highest BCUT2D eigenvalue weighted by Gasteiger charge is 2.21. The molecular weight excluding hydrogens is 322 g/mol. The summed E-state index contributed by atoms with van der Waals surface area (Å²) in [6.07, 6.45) is 0. The molecule has 4 heteroatoms. The molecule has 23 heavy (non-hydrogen) atoms. The van der Waals surface area contributed by atoms with Crippen molar-refractivity contribution in [3.63, 3.8) is 0 Å². The Morgan fingerprint density at radius 1 is 1.13 bits per heavy atom. The Hall–Kier alpha value is -1.57. The molecule has 2 aromatic carbocycles. The molecule has 0 saturated heterocycles. The Morgan fingerprint density at radius 3 is 2.39 bits per heavy atom. The number of phenolic OH excluding ortho intramolecular Hbond substituents is 1. The second-order valence-corrected chi connectivity index (χ2v) is 7.93. The van der Waals surface area contributed by atoms with Crippen molar-refractivity contribution in [1.82, 2.24) is 0 Å². The molecule has 1 N–H and O–H groups in total. The van der Waals surface area contributed by atoms with Crippen LogP contribution in [0, 0.1) is 11.3 Å². The maximum absolute atomic E-state index is 10.4. The standard InChI is InChI=1S/C19H21NOS2/c1-4-22-19(23-5-2)16(12-20)13(3)18-15-9-7-6-8-14(15)10-11-17(18)21/h6-11,13,21H,4-5H2,1-3H3. The molecule has 1 unspecified atom stereocenters. The number of hydrogen-bond acceptors (Lipinski definition) is 4. The van der Waals surface area contributed by atoms with E-state index in [2.05, 4.69) is 19.9 Å². The summed E-state index contributed by atoms with van der Waals surface area (Å²) >= 11 is 3.41. The summed E-state index contributed by atoms with van der Waals surface area (Å²) in [5, 5.41) is 22.2. The average Bonchev–Trinajstić information content (AvgIpc) is 2.55. The Kier molecular flexibility index (Phi) is 6.44. The molecular formula is C19H21NOS2. The third-order valence-corrected chi connectivity index (χ3v) is 5.95. The maximum Gasteiger partial charge on any atom is 0.120 e. The molecule has 0 aliphatic rings. The first-order valence-electron chi connectivity index (χ1n) is 7.74. The van der Waals surface area contributed by atoms with Crippen molar-refractivity contribution >= 4 is 34.3 Å². The van der Waals surface area contributed by atoms with Crippen LogP contribution < -0.4 is 0 Å². The lowest BCUT2D eigenvalue weighted by molar-refractivity contribution is 0.467. The van der Waals surface area contributed by atoms with Gasteiger partial charge in [0.2, 0.25) is 0 Å². The molecule has 1 atom stereocenters. The molecule has 0 bridgehead atoms. The minimum atomic E-state index is -0.140. The summed E-state index contributed by atoms with van der Waals surface area (Å²) in [7, 11) is 0. The fraction of sp³-hybridized carbons (Fsp3) is 0.316. The highest BCUT2D eigenvalue weighted by atomic mass is 32.2. The number of phenols is 1. The van der Waals surface area contributed by atoms with Crippen LogP contribution in [0.4, 0.5) is 0 Å². The number of rotatable bonds is 6. The predicted molar refractivity (Wildman–Crippen MR) is 103 cm³/mol. The monoisotopic (exact) mass is 343 g/mol. The minimum Gasteiger partial charge on any atom is -0.508 e. The maximum atomic E-state index is 10.4. The van der Waals surface area contributed by atoms with Crippen molar-refractivity contribution in [2.75, 3.05) is 11.5 Å². The largest absolute Gasteiger partial charge is 0.508 e. The number of benzene rings is 2. The van der Waals surface area contributed by atoms with Crippen LogP contribution in [0.15, 0.2) is 46.2 Å². The predicted octanol–water partition coefficient (Wildman–Crippen LogP) is 5.89. The summed E-state index contributed by atoms with van der Waals surface area (Å²) in [6.45, 7) is 6.19. The molecule has 0 radical (unpaired) electrons. The molecule has 0 saturated carbocycles. The minimum absolute atomic E-state index is 0.140. The van der Waals surface area contributed by atoms with Gasteiger partial charge < -0.3 is 5.11 Å². The van der Waals surface area contributed by atoms with Crippen LogP contribution in [0.1, 0.15) is 32.3 Å². The van der Waals surface area contributed by atoms with Gasteiger partial charge in [-0.2, -0.15) is 5.26 Å². The van der Waals surface area contributed by atoms with Crippen LogP contribution in [0.5, 0.6) is 5.75 Å². The van der Waals surface area contributed by atoms with Gasteiger partial charge in [-0.3, -0.25) is 0 Å². The first-order chi connectivity index (χ1) is 11.1. The van der Waals surface area contributed by atoms with E-state index in [-0.39, 0.29) is 11.7 Å². The molecule has 2 aromatic rings. The van der Waals surface area contributed by atoms with Gasteiger partial charge >= 0.3 is 0 Å². The molecule has 0 heterocycles. The van der Waals surface area contributed by atoms with E-state index in [9.17, 15) is 10.4 Å². The number of fused-ring (bicyclic) bond motifs is 1. The molecule has 0 aromatic heterocycles. The number of nitriles is 1. The molecule has 0 aliphatic carbocycles. The SMILES string of the molecule is CCSC(SCC)=C(C#N)C(C)c1c(O)ccc2ccccc12. The lowest BCUT2D eigenvalue weighted by atomic mass is 9.89. The van der Waals surface area contributed by atoms with Gasteiger partial charge in [-0.25, -0.2) is 0 Å². The third kappa shape index (κ3) is 3.85. The second-order valence-electron chi connectivity index (χ2n) is 5.12. The van der Waals surface area contributed by atoms with Crippen molar-refractivity contribution in [2.45, 2.75) is 26.7 Å². The van der Waals surface area contributed by atoms with Crippen LogP contribution in [0.3, 0.4) is 0 Å². The second kappa shape index (κ2) is 8.33. The summed E-state index contributed by atoms with van der Waals surface area (Å²) in [5.74, 6) is 1.98. The molecule has 0 aliphatic heterocycles. The Morgan fingerprint density at radius 2 is 1.78 bits per heavy atom. The first-order valence-corrected chi connectivity index (χ1v) is 9.71. The fourth-order valence-corrected chi connectivity index (χ4v) is 4.98. The van der Waals surface area contributed by atoms with Gasteiger partial charge in [-0.05, 0) is 28.3 Å². The summed E-state index contributed by atoms with van der Waals surface area (Å²) in [6, 6.07) is 14.0. The zero-order chi connectivity index (χ0) is 16.8. The van der Waals surface area contributed by atoms with E-state index >= 15 is 0 Å². The third-order valence-electron chi connectivity index (χ3n) is 3.70. The van der Waals surface area contributed by atoms with Crippen LogP contribution in [0.2, 0.25) is 0 Å². The van der Waals surface area contributed by atoms with Gasteiger partial charge in [0.25, 0.3) is 0 Å². The van der Waals surface area contributed by atoms with E-state index in [0.29, 0.717) is 0 Å². The van der Waals surface area contributed by atoms with Crippen molar-refractivity contribution < 1.29 is 5.11 Å². The first kappa shape index (κ1) is 17.8. The number of aromatic hydroxyl groups is 1. The van der Waals surface area contributed by atoms with E-state index in [0.717, 1.165) is 37.7 Å². The van der Waals surface area contributed by atoms with Gasteiger partial charge in [-0.1, -0.05) is 51.1 Å². The number of hydrogen-bond donors (Lipinski definition) is 1. The molecule has 0 amide bonds. The molecule has 0 spiro atoms. The smallest absolute Gasteiger partial charge is 0.120 e. The van der Waals surface area contributed by atoms with Crippen molar-refractivity contribution in [2.24, 2.45) is 0 Å². The van der Waals surface area contributed by atoms with Crippen molar-refractivity contribution in [3.05, 3.63) is 51.8 Å². The summed E-state index contributed by atoms with van der Waals surface area (Å²) in [5.41, 5.74) is 1.58. The van der Waals surface area contributed by atoms with Crippen LogP contribution in [0.25, 0.3) is 10.8 Å². The Balaban J connectivity index is 2.62. The van der Waals surface area contributed by atoms with Gasteiger partial charge in [-0.15, -0.1) is 23.5 Å². The van der Waals surface area contributed by atoms with E-state index in [1.807, 2.05) is 37.3 Å². The lowest BCUT2D eigenvalue weighted by Crippen LogP contribution is -2.01. The zero-order valence-corrected chi connectivity index (χ0v) is 15.3. The van der Waals surface area contributed by atoms with Crippen LogP contribution in [-0.2, 0) is 0 Å². The number of allylic oxidation sites excluding steroid dienone is 1. The Labute approximate surface area is 146 Å². The van der Waals surface area contributed by atoms with Gasteiger partial charge in [0.15, 0.2) is 0 Å². The lowest BCUT2D eigenvalue weighted by Gasteiger charge is -2.18. The molecule has 120 valence electrons. The quantitative estimate of drug-likeness (QED) is 0.664. The van der Waals surface area contributed by atoms with Gasteiger partial charge in [0.1, 0.15) is 5.75 Å². The van der Waals surface area contributed by atoms with Crippen LogP contribution >= 0.6 is 23.5 Å². The van der Waals surface area contributed by atoms with Crippen LogP contribution in [-0.4, -0.2) is 16.6 Å². The normalized spacial score (nSPS) is 11.9. The summed E-state index contributed by atoms with van der Waals surface area (Å²) in [4.78, 5) is 0. The van der Waals surface area contributed by atoms with E-state index < -0.39 is 0 Å². The topological polar surface area (TPSA) is 44.0 Å². The van der Waals surface area contributed by atoms with Crippen molar-refractivity contribution in [3.8, 4) is 11.8 Å². The highest BCUT2D eigenvalue weighted by molar-refractivity contribution is 8.22. The molecule has 2 rings (SSSR count). The van der Waals surface area contributed by atoms with E-state index in [1.54, 1.807) is 29.6 Å². The van der Waals surface area contributed by atoms with Gasteiger partial charge in [0.05, 0.1) is 15.9 Å². The number of thioether (sulfide) groups is 2. The average molecular weight is 344 g/mol. The van der Waals surface area contributed by atoms with E-state index in [4.69, 9.17) is 0 Å². The Bertz CT molecular complexity index is 754. The van der Waals surface area contributed by atoms with Gasteiger partial charge in [0, 0.05) is 11.5 Å². The zero-order valence-electron chi connectivity index (χ0n) is 13.7. The fourth-order valence-electron chi connectivity index (χ4n) is 2.66. The molecule has 2 nitrogen and oxygen atoms in total. The highest BCUT2D eigenvalue weighted by Crippen LogP contribution is 2.42. The number of nitrogens with zero attached hydrogens (tertiary/aromatic N) is 1. The summed E-state index contributed by atoms with van der Waals surface area (Å²) < 4.78 is 1.07.